The Morgan fingerprint density at radius 2 is 2.32 bits per heavy atom. The number of anilines is 1. The van der Waals surface area contributed by atoms with Crippen LogP contribution in [0.15, 0.2) is 45.4 Å². The molecule has 19 heavy (non-hydrogen) atoms. The van der Waals surface area contributed by atoms with Crippen molar-refractivity contribution in [2.45, 2.75) is 10.6 Å². The molecule has 0 aromatic carbocycles. The monoisotopic (exact) mass is 290 g/mol. The fourth-order valence-corrected chi connectivity index (χ4v) is 2.91. The van der Waals surface area contributed by atoms with E-state index in [1.165, 1.54) is 0 Å². The molecular weight excluding hydrogens is 280 g/mol. The summed E-state index contributed by atoms with van der Waals surface area (Å²) in [5.41, 5.74) is 6.48. The third-order valence-electron chi connectivity index (χ3n) is 2.37. The maximum atomic E-state index is 5.82. The van der Waals surface area contributed by atoms with Crippen LogP contribution in [0.25, 0.3) is 10.7 Å². The van der Waals surface area contributed by atoms with Crippen LogP contribution in [0.2, 0.25) is 0 Å². The Morgan fingerprint density at radius 1 is 1.37 bits per heavy atom. The van der Waals surface area contributed by atoms with Gasteiger partial charge in [-0.05, 0) is 17.5 Å². The lowest BCUT2D eigenvalue weighted by molar-refractivity contribution is 0.392. The van der Waals surface area contributed by atoms with E-state index in [1.54, 1.807) is 35.5 Å². The first-order valence-corrected chi connectivity index (χ1v) is 7.38. The predicted molar refractivity (Wildman–Crippen MR) is 75.8 cm³/mol. The van der Waals surface area contributed by atoms with Gasteiger partial charge in [0.05, 0.1) is 22.5 Å². The van der Waals surface area contributed by atoms with Gasteiger partial charge in [0.25, 0.3) is 0 Å². The van der Waals surface area contributed by atoms with E-state index in [2.05, 4.69) is 15.1 Å². The highest BCUT2D eigenvalue weighted by atomic mass is 32.2. The highest BCUT2D eigenvalue weighted by Gasteiger charge is 2.10. The van der Waals surface area contributed by atoms with E-state index in [4.69, 9.17) is 10.3 Å². The van der Waals surface area contributed by atoms with Gasteiger partial charge in [-0.3, -0.25) is 4.98 Å². The molecule has 0 radical (unpaired) electrons. The molecule has 0 unspecified atom stereocenters. The van der Waals surface area contributed by atoms with E-state index in [9.17, 15) is 0 Å². The van der Waals surface area contributed by atoms with Crippen LogP contribution in [0.1, 0.15) is 5.89 Å². The Hall–Kier alpha value is -1.86. The summed E-state index contributed by atoms with van der Waals surface area (Å²) in [5.74, 6) is 1.81. The molecule has 3 rings (SSSR count). The van der Waals surface area contributed by atoms with Crippen LogP contribution >= 0.6 is 23.1 Å². The summed E-state index contributed by atoms with van der Waals surface area (Å²) in [5, 5.41) is 5.94. The van der Waals surface area contributed by atoms with Crippen molar-refractivity contribution in [2.75, 3.05) is 5.73 Å². The lowest BCUT2D eigenvalue weighted by atomic mass is 10.4. The second-order valence-electron chi connectivity index (χ2n) is 3.69. The first-order chi connectivity index (χ1) is 9.33. The molecule has 0 bridgehead atoms. The van der Waals surface area contributed by atoms with Crippen LogP contribution in [0, 0.1) is 0 Å². The lowest BCUT2D eigenvalue weighted by Crippen LogP contribution is -1.90. The minimum Gasteiger partial charge on any atom is -0.397 e. The number of aromatic nitrogens is 3. The topological polar surface area (TPSA) is 77.8 Å². The van der Waals surface area contributed by atoms with E-state index in [-0.39, 0.29) is 0 Å². The molecule has 0 aliphatic carbocycles. The van der Waals surface area contributed by atoms with Gasteiger partial charge >= 0.3 is 0 Å². The van der Waals surface area contributed by atoms with Crippen LogP contribution in [0.4, 0.5) is 5.69 Å². The molecule has 0 aliphatic rings. The van der Waals surface area contributed by atoms with E-state index in [0.717, 1.165) is 9.77 Å². The third-order valence-corrected chi connectivity index (χ3v) is 4.31. The number of hydrogen-bond donors (Lipinski definition) is 1. The summed E-state index contributed by atoms with van der Waals surface area (Å²) < 4.78 is 5.22. The SMILES string of the molecule is Nc1cnccc1SCc1nc(-c2cccs2)no1. The molecule has 0 spiro atoms. The van der Waals surface area contributed by atoms with Crippen LogP contribution in [0.5, 0.6) is 0 Å². The minimum atomic E-state index is 0.588. The number of nitrogens with two attached hydrogens (primary N) is 1. The zero-order valence-corrected chi connectivity index (χ0v) is 11.4. The quantitative estimate of drug-likeness (QED) is 0.744. The fraction of sp³-hybridized carbons (Fsp3) is 0.0833. The van der Waals surface area contributed by atoms with E-state index in [1.807, 2.05) is 23.6 Å². The first-order valence-electron chi connectivity index (χ1n) is 5.51. The van der Waals surface area contributed by atoms with Crippen molar-refractivity contribution >= 4 is 28.8 Å². The summed E-state index contributed by atoms with van der Waals surface area (Å²) >= 11 is 3.14. The number of nitrogen functional groups attached to an aromatic ring is 1. The van der Waals surface area contributed by atoms with Gasteiger partial charge < -0.3 is 10.3 Å². The van der Waals surface area contributed by atoms with Gasteiger partial charge in [-0.25, -0.2) is 0 Å². The van der Waals surface area contributed by atoms with Crippen LogP contribution < -0.4 is 5.73 Å². The summed E-state index contributed by atoms with van der Waals surface area (Å²) in [6, 6.07) is 5.80. The standard InChI is InChI=1S/C12H10N4OS2/c13-8-6-14-4-3-9(8)19-7-11-15-12(16-17-11)10-2-1-5-18-10/h1-6H,7,13H2. The average Bonchev–Trinajstić information content (AvgIpc) is 3.09. The Kier molecular flexibility index (Phi) is 3.47. The zero-order valence-electron chi connectivity index (χ0n) is 9.81. The van der Waals surface area contributed by atoms with Gasteiger partial charge in [-0.2, -0.15) is 4.98 Å². The second kappa shape index (κ2) is 5.41. The van der Waals surface area contributed by atoms with Crippen molar-refractivity contribution in [1.82, 2.24) is 15.1 Å². The summed E-state index contributed by atoms with van der Waals surface area (Å²) in [4.78, 5) is 10.3. The molecule has 2 N–H and O–H groups in total. The van der Waals surface area contributed by atoms with Crippen molar-refractivity contribution in [1.29, 1.82) is 0 Å². The van der Waals surface area contributed by atoms with Gasteiger partial charge in [0.15, 0.2) is 0 Å². The molecular formula is C12H10N4OS2. The number of thioether (sulfide) groups is 1. The van der Waals surface area contributed by atoms with Gasteiger partial charge in [0, 0.05) is 11.1 Å². The highest BCUT2D eigenvalue weighted by molar-refractivity contribution is 7.98. The summed E-state index contributed by atoms with van der Waals surface area (Å²) in [6.45, 7) is 0. The fourth-order valence-electron chi connectivity index (χ4n) is 1.48. The van der Waals surface area contributed by atoms with Gasteiger partial charge in [-0.1, -0.05) is 11.2 Å². The maximum absolute atomic E-state index is 5.82. The molecule has 96 valence electrons. The lowest BCUT2D eigenvalue weighted by Gasteiger charge is -2.01. The maximum Gasteiger partial charge on any atom is 0.237 e. The third kappa shape index (κ3) is 2.77. The molecule has 0 saturated heterocycles. The van der Waals surface area contributed by atoms with Crippen molar-refractivity contribution in [3.63, 3.8) is 0 Å². The molecule has 0 saturated carbocycles. The Bertz CT molecular complexity index is 666. The zero-order chi connectivity index (χ0) is 13.1. The largest absolute Gasteiger partial charge is 0.397 e. The molecule has 3 aromatic rings. The minimum absolute atomic E-state index is 0.588. The smallest absolute Gasteiger partial charge is 0.237 e. The highest BCUT2D eigenvalue weighted by Crippen LogP contribution is 2.28. The Balaban J connectivity index is 1.70. The van der Waals surface area contributed by atoms with Gasteiger partial charge in [0.1, 0.15) is 0 Å². The van der Waals surface area contributed by atoms with E-state index in [0.29, 0.717) is 23.2 Å². The number of pyridine rings is 1. The molecule has 7 heteroatoms. The Labute approximate surface area is 117 Å². The molecule has 5 nitrogen and oxygen atoms in total. The average molecular weight is 290 g/mol. The Morgan fingerprint density at radius 3 is 3.11 bits per heavy atom. The van der Waals surface area contributed by atoms with Crippen molar-refractivity contribution < 1.29 is 4.52 Å². The van der Waals surface area contributed by atoms with Gasteiger partial charge in [-0.15, -0.1) is 23.1 Å². The molecule has 0 fully saturated rings. The molecule has 3 aromatic heterocycles. The number of nitrogens with zero attached hydrogens (tertiary/aromatic N) is 3. The molecule has 0 atom stereocenters. The van der Waals surface area contributed by atoms with E-state index >= 15 is 0 Å². The predicted octanol–water partition coefficient (Wildman–Crippen LogP) is 3.07. The number of rotatable bonds is 4. The molecule has 0 amide bonds. The number of hydrogen-bond acceptors (Lipinski definition) is 7. The molecule has 3 heterocycles. The first kappa shape index (κ1) is 12.2. The van der Waals surface area contributed by atoms with Gasteiger partial charge in [0.2, 0.25) is 11.7 Å². The second-order valence-corrected chi connectivity index (χ2v) is 5.66. The van der Waals surface area contributed by atoms with E-state index < -0.39 is 0 Å². The van der Waals surface area contributed by atoms with Crippen molar-refractivity contribution in [2.24, 2.45) is 0 Å². The van der Waals surface area contributed by atoms with Crippen molar-refractivity contribution in [3.8, 4) is 10.7 Å². The summed E-state index contributed by atoms with van der Waals surface area (Å²) in [7, 11) is 0. The number of thiophene rings is 1. The summed E-state index contributed by atoms with van der Waals surface area (Å²) in [6.07, 6.45) is 3.34. The van der Waals surface area contributed by atoms with Crippen molar-refractivity contribution in [3.05, 3.63) is 41.9 Å². The van der Waals surface area contributed by atoms with Crippen LogP contribution in [-0.4, -0.2) is 15.1 Å². The van der Waals surface area contributed by atoms with Crippen LogP contribution in [0.3, 0.4) is 0 Å². The molecule has 0 aliphatic heterocycles. The normalized spacial score (nSPS) is 10.7. The van der Waals surface area contributed by atoms with Crippen LogP contribution in [-0.2, 0) is 5.75 Å².